The van der Waals surface area contributed by atoms with E-state index >= 15 is 0 Å². The second-order valence-electron chi connectivity index (χ2n) is 27.0. The normalized spacial score (nSPS) is 20.3. The third kappa shape index (κ3) is 15.0. The monoisotopic (exact) mass is 1470 g/mol. The van der Waals surface area contributed by atoms with Crippen molar-refractivity contribution in [2.45, 2.75) is 120 Å². The average molecular weight is 1470 g/mol. The van der Waals surface area contributed by atoms with Crippen molar-refractivity contribution in [2.75, 3.05) is 77.6 Å². The molecule has 7 atom stereocenters. The Hall–Kier alpha value is -11.0. The highest BCUT2D eigenvalue weighted by molar-refractivity contribution is 6.19. The molecule has 0 saturated carbocycles. The summed E-state index contributed by atoms with van der Waals surface area (Å²) < 4.78 is 60.7. The molecule has 5 amide bonds. The van der Waals surface area contributed by atoms with Gasteiger partial charge in [-0.05, 0) is 120 Å². The molecular formula is C83H82ClN5O18. The van der Waals surface area contributed by atoms with E-state index in [0.29, 0.717) is 62.6 Å². The van der Waals surface area contributed by atoms with Gasteiger partial charge in [-0.25, -0.2) is 19.4 Å². The van der Waals surface area contributed by atoms with Crippen molar-refractivity contribution in [1.29, 1.82) is 0 Å². The molecule has 7 heterocycles. The van der Waals surface area contributed by atoms with Crippen molar-refractivity contribution in [3.8, 4) is 28.7 Å². The number of anilines is 5. The van der Waals surface area contributed by atoms with Gasteiger partial charge < -0.3 is 72.3 Å². The summed E-state index contributed by atoms with van der Waals surface area (Å²) in [6, 6.07) is 44.4. The Bertz CT molecular complexity index is 4730. The SMILES string of the molecule is C=CCOC(=O)N1c2cc(OCc3cccc(CC(=O)N4C[C@@H](CCl)c5c4cc(O)c4ccccc54)c3)c(OC)cc2C(=O)N2c3ccccc3C[C@H]2C1OC1CCCCO1.C=CCOC(=O)N1c2cc(OCc3cccc(CC(=O)O)c3)c(OC)cc2C(=O)N2c3ccccc3C[C@H]2C1OC1CCCCO1. The average Bonchev–Trinajstić information content (AvgIpc) is 1.59. The molecule has 8 aromatic rings. The fourth-order valence-electron chi connectivity index (χ4n) is 15.3. The highest BCUT2D eigenvalue weighted by Crippen LogP contribution is 2.50. The molecule has 7 aliphatic rings. The van der Waals surface area contributed by atoms with Gasteiger partial charge in [0.1, 0.15) is 32.2 Å². The summed E-state index contributed by atoms with van der Waals surface area (Å²) in [5, 5.41) is 21.7. The summed E-state index contributed by atoms with van der Waals surface area (Å²) in [7, 11) is 2.96. The first-order valence-corrected chi connectivity index (χ1v) is 36.4. The highest BCUT2D eigenvalue weighted by atomic mass is 35.5. The Morgan fingerprint density at radius 1 is 0.551 bits per heavy atom. The smallest absolute Gasteiger partial charge is 0.416 e. The summed E-state index contributed by atoms with van der Waals surface area (Å²) in [4.78, 5) is 90.5. The number of fused-ring (bicyclic) bond motifs is 11. The number of benzene rings is 8. The van der Waals surface area contributed by atoms with Crippen molar-refractivity contribution < 1.29 is 86.3 Å². The van der Waals surface area contributed by atoms with Gasteiger partial charge in [0.15, 0.2) is 48.0 Å². The van der Waals surface area contributed by atoms with Gasteiger partial charge in [0.25, 0.3) is 11.8 Å². The predicted octanol–water partition coefficient (Wildman–Crippen LogP) is 14.1. The number of carbonyl (C=O) groups excluding carboxylic acids is 5. The number of aliphatic carboxylic acids is 1. The van der Waals surface area contributed by atoms with E-state index in [-0.39, 0.29) is 114 Å². The predicted molar refractivity (Wildman–Crippen MR) is 400 cm³/mol. The lowest BCUT2D eigenvalue weighted by Gasteiger charge is -2.38. The van der Waals surface area contributed by atoms with Gasteiger partial charge in [0, 0.05) is 66.5 Å². The molecule has 2 fully saturated rings. The van der Waals surface area contributed by atoms with E-state index in [2.05, 4.69) is 13.2 Å². The van der Waals surface area contributed by atoms with Crippen LogP contribution < -0.4 is 43.4 Å². The van der Waals surface area contributed by atoms with Crippen LogP contribution in [0.25, 0.3) is 10.8 Å². The minimum absolute atomic E-state index is 0.0495. The van der Waals surface area contributed by atoms with E-state index in [1.54, 1.807) is 63.2 Å². The van der Waals surface area contributed by atoms with Gasteiger partial charge in [-0.1, -0.05) is 135 Å². The molecule has 0 bridgehead atoms. The van der Waals surface area contributed by atoms with E-state index < -0.39 is 55.3 Å². The molecule has 0 aromatic heterocycles. The molecule has 8 aromatic carbocycles. The minimum Gasteiger partial charge on any atom is -0.507 e. The Morgan fingerprint density at radius 3 is 1.50 bits per heavy atom. The summed E-state index contributed by atoms with van der Waals surface area (Å²) in [5.41, 5.74) is 8.84. The topological polar surface area (TPSA) is 251 Å². The number of hydrogen-bond acceptors (Lipinski definition) is 17. The van der Waals surface area contributed by atoms with Gasteiger partial charge in [0.05, 0.1) is 67.3 Å². The minimum atomic E-state index is -0.988. The van der Waals surface area contributed by atoms with Crippen LogP contribution in [0.5, 0.6) is 28.7 Å². The summed E-state index contributed by atoms with van der Waals surface area (Å²) >= 11 is 6.44. The standard InChI is InChI=1S/C48H46ClN3O9.C35H36N2O9/c1-3-18-59-48(56)52-37-25-42(41(57-2)23-35(37)46(55)51-36-16-7-4-13-31(36)22-39(51)47(52)61-44-17-8-9-19-58-44)60-28-30-12-10-11-29(20-30)21-43(54)50-27-32(26-49)45-34-15-6-5-14-33(34)40(53)24-38(45)50;1-3-14-44-35(41)37-27-20-30(45-21-23-10-8-9-22(16-23)17-31(38)39)29(42-2)19-25(27)33(40)36-26-12-5-4-11-24(26)18-28(36)34(37)46-32-13-6-7-15-43-32/h3-7,10-16,20,23-25,32,39,44,47,53H,1,8-9,17-19,21-22,26-28H2,2H3;3-5,8-12,16,19-20,28,32,34H,1,6-7,13-15,17-18,21H2,2H3,(H,38,39)/t32-,39+,44?,47?;28-,32?,34?/m10/s1. The van der Waals surface area contributed by atoms with E-state index in [4.69, 9.17) is 59.0 Å². The number of nitrogens with zero attached hydrogens (tertiary/aromatic N) is 5. The quantitative estimate of drug-likeness (QED) is 0.0501. The molecule has 0 radical (unpaired) electrons. The van der Waals surface area contributed by atoms with Crippen molar-refractivity contribution in [3.63, 3.8) is 0 Å². The molecule has 0 aliphatic carbocycles. The van der Waals surface area contributed by atoms with Gasteiger partial charge >= 0.3 is 18.2 Å². The number of phenolic OH excluding ortho intramolecular Hbond substituents is 1. The van der Waals surface area contributed by atoms with E-state index in [0.717, 1.165) is 81.2 Å². The van der Waals surface area contributed by atoms with Gasteiger partial charge in [-0.3, -0.25) is 19.2 Å². The van der Waals surface area contributed by atoms with Crippen molar-refractivity contribution >= 4 is 86.7 Å². The number of aromatic hydroxyl groups is 1. The van der Waals surface area contributed by atoms with E-state index in [9.17, 15) is 39.0 Å². The molecule has 7 aliphatic heterocycles. The molecular weight excluding hydrogens is 1390 g/mol. The second-order valence-corrected chi connectivity index (χ2v) is 27.3. The Balaban J connectivity index is 0.000000187. The number of methoxy groups -OCH3 is 2. The van der Waals surface area contributed by atoms with Gasteiger partial charge in [-0.15, -0.1) is 11.6 Å². The molecule has 107 heavy (non-hydrogen) atoms. The van der Waals surface area contributed by atoms with E-state index in [1.165, 1.54) is 36.2 Å². The molecule has 0 spiro atoms. The molecule has 2 saturated heterocycles. The fraction of sp³-hybridized carbons (Fsp3) is 0.325. The molecule has 24 heteroatoms. The fourth-order valence-corrected chi connectivity index (χ4v) is 15.6. The van der Waals surface area contributed by atoms with E-state index in [1.807, 2.05) is 103 Å². The third-order valence-electron chi connectivity index (χ3n) is 20.2. The van der Waals surface area contributed by atoms with Crippen molar-refractivity contribution in [1.82, 2.24) is 0 Å². The number of hydrogen-bond donors (Lipinski definition) is 2. The van der Waals surface area contributed by atoms with Crippen LogP contribution in [0.15, 0.2) is 177 Å². The van der Waals surface area contributed by atoms with Crippen LogP contribution in [0.3, 0.4) is 0 Å². The number of phenols is 1. The number of alkyl halides is 1. The highest BCUT2D eigenvalue weighted by Gasteiger charge is 2.52. The van der Waals surface area contributed by atoms with Crippen LogP contribution >= 0.6 is 11.6 Å². The molecule has 23 nitrogen and oxygen atoms in total. The molecule has 554 valence electrons. The lowest BCUT2D eigenvalue weighted by atomic mass is 9.95. The number of carboxylic acids is 1. The number of amides is 5. The van der Waals surface area contributed by atoms with Crippen molar-refractivity contribution in [3.05, 3.63) is 227 Å². The number of ether oxygens (including phenoxy) is 10. The van der Waals surface area contributed by atoms with Gasteiger partial charge in [-0.2, -0.15) is 0 Å². The summed E-state index contributed by atoms with van der Waals surface area (Å²) in [6.07, 6.45) is 4.16. The summed E-state index contributed by atoms with van der Waals surface area (Å²) in [5.74, 6) is -0.218. The second kappa shape index (κ2) is 32.4. The first kappa shape index (κ1) is 73.0. The maximum absolute atomic E-state index is 14.8. The number of rotatable bonds is 21. The maximum Gasteiger partial charge on any atom is 0.416 e. The van der Waals surface area contributed by atoms with Crippen LogP contribution in [-0.4, -0.2) is 136 Å². The number of halogens is 1. The largest absolute Gasteiger partial charge is 0.507 e. The Morgan fingerprint density at radius 2 is 1.03 bits per heavy atom. The Kier molecular flexibility index (Phi) is 22.1. The lowest BCUT2D eigenvalue weighted by molar-refractivity contribution is -0.190. The van der Waals surface area contributed by atoms with Crippen LogP contribution in [0.1, 0.15) is 104 Å². The molecule has 2 N–H and O–H groups in total. The van der Waals surface area contributed by atoms with Crippen molar-refractivity contribution in [2.24, 2.45) is 0 Å². The van der Waals surface area contributed by atoms with Crippen LogP contribution in [0.2, 0.25) is 0 Å². The zero-order valence-electron chi connectivity index (χ0n) is 59.3. The van der Waals surface area contributed by atoms with Gasteiger partial charge in [0.2, 0.25) is 5.91 Å². The number of para-hydroxylation sites is 2. The zero-order chi connectivity index (χ0) is 74.4. The zero-order valence-corrected chi connectivity index (χ0v) is 60.1. The van der Waals surface area contributed by atoms with Crippen LogP contribution in [0, 0.1) is 0 Å². The Labute approximate surface area is 623 Å². The first-order chi connectivity index (χ1) is 52.1. The molecule has 15 rings (SSSR count). The maximum atomic E-state index is 14.8. The summed E-state index contributed by atoms with van der Waals surface area (Å²) in [6.45, 7) is 8.92. The number of carboxylic acid groups (broad SMARTS) is 1. The van der Waals surface area contributed by atoms with Crippen LogP contribution in [-0.2, 0) is 76.9 Å². The number of carbonyl (C=O) groups is 6. The third-order valence-corrected chi connectivity index (χ3v) is 20.6. The van der Waals surface area contributed by atoms with Crippen LogP contribution in [0.4, 0.5) is 38.0 Å². The lowest BCUT2D eigenvalue weighted by Crippen LogP contribution is -2.55. The first-order valence-electron chi connectivity index (χ1n) is 35.8. The molecule has 4 unspecified atom stereocenters.